The van der Waals surface area contributed by atoms with Crippen LogP contribution in [0.15, 0.2) is 96.0 Å². The quantitative estimate of drug-likeness (QED) is 0.0848. The lowest BCUT2D eigenvalue weighted by atomic mass is 9.97. The number of primary amides is 1. The molecule has 12 nitrogen and oxygen atoms in total. The number of hydrogen-bond acceptors (Lipinski definition) is 12. The van der Waals surface area contributed by atoms with Crippen LogP contribution in [0.25, 0.3) is 25.5 Å². The van der Waals surface area contributed by atoms with Crippen LogP contribution in [0.3, 0.4) is 0 Å². The maximum Gasteiger partial charge on any atom is 0.214 e. The average molecular weight is 1010 g/mol. The molecule has 0 saturated carbocycles. The fourth-order valence-corrected chi connectivity index (χ4v) is 10.1. The Labute approximate surface area is 425 Å². The third-order valence-corrected chi connectivity index (χ3v) is 13.9. The van der Waals surface area contributed by atoms with Crippen LogP contribution in [0, 0.1) is 26.7 Å². The molecular weight excluding hydrogens is 948 g/mol. The Morgan fingerprint density at radius 2 is 1.54 bits per heavy atom. The molecule has 0 saturated heterocycles. The number of halogens is 1. The minimum absolute atomic E-state index is 0. The number of phenolic OH excluding ortho intramolecular Hbond substituents is 2. The summed E-state index contributed by atoms with van der Waals surface area (Å²) in [4.78, 5) is 32.3. The number of rotatable bonds is 15. The van der Waals surface area contributed by atoms with E-state index in [1.807, 2.05) is 43.3 Å². The summed E-state index contributed by atoms with van der Waals surface area (Å²) in [6.45, 7) is 22.9. The van der Waals surface area contributed by atoms with Crippen molar-refractivity contribution in [3.05, 3.63) is 140 Å². The summed E-state index contributed by atoms with van der Waals surface area (Å²) >= 11 is 9.25. The van der Waals surface area contributed by atoms with Gasteiger partial charge in [-0.25, -0.2) is 0 Å². The van der Waals surface area contributed by atoms with Gasteiger partial charge in [0.05, 0.1) is 11.3 Å². The monoisotopic (exact) mass is 1010 g/mol. The molecule has 0 spiro atoms. The number of hydrogen-bond donors (Lipinski definition) is 3. The van der Waals surface area contributed by atoms with Gasteiger partial charge in [-0.2, -0.15) is 13.5 Å². The van der Waals surface area contributed by atoms with Crippen LogP contribution in [0.4, 0.5) is 0 Å². The third-order valence-electron chi connectivity index (χ3n) is 11.3. The molecule has 69 heavy (non-hydrogen) atoms. The number of phenols is 2. The molecule has 1 aliphatic rings. The first-order valence-electron chi connectivity index (χ1n) is 22.6. The number of amides is 1. The molecule has 0 radical (unpaired) electrons. The Kier molecular flexibility index (Phi) is 19.2. The lowest BCUT2D eigenvalue weighted by Gasteiger charge is -2.30. The van der Waals surface area contributed by atoms with E-state index in [9.17, 15) is 19.8 Å². The first-order chi connectivity index (χ1) is 32.3. The third kappa shape index (κ3) is 14.0. The minimum Gasteiger partial charge on any atom is -0.508 e. The number of nitrogens with two attached hydrogens (primary N) is 1. The van der Waals surface area contributed by atoms with Gasteiger partial charge in [0.25, 0.3) is 0 Å². The van der Waals surface area contributed by atoms with Crippen molar-refractivity contribution in [1.82, 2.24) is 19.7 Å². The highest BCUT2D eigenvalue weighted by molar-refractivity contribution is 7.59. The molecule has 3 aromatic heterocycles. The molecule has 0 fully saturated rings. The van der Waals surface area contributed by atoms with Crippen molar-refractivity contribution >= 4 is 75.3 Å². The van der Waals surface area contributed by atoms with Crippen molar-refractivity contribution in [2.45, 2.75) is 80.9 Å². The number of fused-ring (bicyclic) bond motifs is 4. The Morgan fingerprint density at radius 3 is 2.17 bits per heavy atom. The number of aromatic nitrogens is 3. The Morgan fingerprint density at radius 1 is 0.899 bits per heavy atom. The van der Waals surface area contributed by atoms with Gasteiger partial charge in [0.1, 0.15) is 41.2 Å². The summed E-state index contributed by atoms with van der Waals surface area (Å²) < 4.78 is 15.1. The van der Waals surface area contributed by atoms with Crippen LogP contribution < -0.4 is 10.5 Å². The van der Waals surface area contributed by atoms with Crippen molar-refractivity contribution in [3.8, 4) is 32.7 Å². The molecule has 4 aromatic carbocycles. The van der Waals surface area contributed by atoms with Gasteiger partial charge >= 0.3 is 0 Å². The van der Waals surface area contributed by atoms with E-state index >= 15 is 0 Å². The smallest absolute Gasteiger partial charge is 0.214 e. The molecule has 4 heterocycles. The lowest BCUT2D eigenvalue weighted by Crippen LogP contribution is -2.35. The second-order valence-corrected chi connectivity index (χ2v) is 20.3. The van der Waals surface area contributed by atoms with Crippen LogP contribution in [0.2, 0.25) is 5.02 Å². The summed E-state index contributed by atoms with van der Waals surface area (Å²) in [6, 6.07) is 27.0. The van der Waals surface area contributed by atoms with Crippen molar-refractivity contribution in [2.24, 2.45) is 16.6 Å². The van der Waals surface area contributed by atoms with Crippen LogP contribution in [0.1, 0.15) is 97.1 Å². The van der Waals surface area contributed by atoms with Gasteiger partial charge in [0, 0.05) is 73.7 Å². The number of likely N-dealkylation sites (N-methyl/N-ethyl adjacent to an activating group) is 1. The van der Waals surface area contributed by atoms with Crippen molar-refractivity contribution in [1.29, 1.82) is 0 Å². The van der Waals surface area contributed by atoms with Crippen molar-refractivity contribution in [3.63, 3.8) is 0 Å². The topological polar surface area (TPSA) is 165 Å². The van der Waals surface area contributed by atoms with Gasteiger partial charge in [-0.05, 0) is 143 Å². The second-order valence-electron chi connectivity index (χ2n) is 17.6. The van der Waals surface area contributed by atoms with Gasteiger partial charge in [0.2, 0.25) is 5.91 Å². The second kappa shape index (κ2) is 24.3. The number of aromatic hydroxyl groups is 2. The maximum atomic E-state index is 13.8. The van der Waals surface area contributed by atoms with Crippen LogP contribution in [-0.2, 0) is 16.1 Å². The zero-order valence-electron chi connectivity index (χ0n) is 40.7. The van der Waals surface area contributed by atoms with E-state index in [1.54, 1.807) is 65.9 Å². The summed E-state index contributed by atoms with van der Waals surface area (Å²) in [5, 5.41) is 30.9. The average Bonchev–Trinajstić information content (AvgIpc) is 3.92. The Balaban J connectivity index is 0.000000266. The summed E-state index contributed by atoms with van der Waals surface area (Å²) in [5.74, 6) is 2.91. The van der Waals surface area contributed by atoms with Crippen molar-refractivity contribution in [2.75, 3.05) is 32.8 Å². The van der Waals surface area contributed by atoms with E-state index in [2.05, 4.69) is 73.9 Å². The molecular formula is C53H63ClN6O6S3. The van der Waals surface area contributed by atoms with Crippen molar-refractivity contribution < 1.29 is 29.3 Å². The van der Waals surface area contributed by atoms with E-state index in [0.29, 0.717) is 30.2 Å². The molecule has 8 rings (SSSR count). The number of thiophene rings is 2. The number of aliphatic imine (C=N–C) groups is 1. The summed E-state index contributed by atoms with van der Waals surface area (Å²) in [6.07, 6.45) is 0.952. The number of carbonyl (C=O) groups excluding carboxylic acids is 2. The first kappa shape index (κ1) is 54.4. The predicted molar refractivity (Wildman–Crippen MR) is 287 cm³/mol. The minimum atomic E-state index is -0.333. The predicted octanol–water partition coefficient (Wildman–Crippen LogP) is 11.6. The highest BCUT2D eigenvalue weighted by Gasteiger charge is 2.27. The molecule has 0 unspecified atom stereocenters. The van der Waals surface area contributed by atoms with Gasteiger partial charge in [-0.1, -0.05) is 44.5 Å². The van der Waals surface area contributed by atoms with Crippen LogP contribution in [-0.4, -0.2) is 85.7 Å². The van der Waals surface area contributed by atoms with Gasteiger partial charge in [-0.15, -0.1) is 32.9 Å². The summed E-state index contributed by atoms with van der Waals surface area (Å²) in [7, 11) is 0. The number of benzene rings is 4. The van der Waals surface area contributed by atoms with E-state index in [0.717, 1.165) is 91.9 Å². The molecule has 0 aliphatic carbocycles. The first-order valence-corrected chi connectivity index (χ1v) is 24.6. The standard InChI is InChI=1S/C34H41NO5S.C17H15ClN4S.C2H5NO.H2S/c1-6-35(18-17-34(4,5)40-22-23(2)3)19-20-39-28-14-9-24(10-15-28)32(38)31-29-16-13-27(37)21-30(29)41-33(31)25-7-11-26(36)12-8-25;1-9-10(2)23-17-15(9)16(12-4-6-13(18)7-5-12)19-8-14-21-20-11(3)22(14)17;1-2(3)4;/h7-16,21,23,36-37H,6,17-20,22H2,1-5H3;4-7H,8H2,1-3H3;1H3,(H2,3,4);1H2. The SMILES string of the molecule is CC(N)=O.CCN(CCOc1ccc(C(=O)c2c(-c3ccc(O)cc3)sc3cc(O)ccc23)cc1)CCC(C)(C)OCC(C)C.Cc1sc2c(c1C)C(c1ccc(Cl)cc1)=NCc1nnc(C)n1-2.S. The van der Waals surface area contributed by atoms with Gasteiger partial charge in [0.15, 0.2) is 11.6 Å². The molecule has 16 heteroatoms. The molecule has 366 valence electrons. The number of ketones is 1. The zero-order valence-corrected chi connectivity index (χ0v) is 44.1. The number of aryl methyl sites for hydroxylation is 2. The van der Waals surface area contributed by atoms with Gasteiger partial charge in [-0.3, -0.25) is 19.1 Å². The summed E-state index contributed by atoms with van der Waals surface area (Å²) in [5.41, 5.74) is 10.8. The highest BCUT2D eigenvalue weighted by Crippen LogP contribution is 2.42. The fraction of sp³-hybridized carbons (Fsp3) is 0.340. The molecule has 7 aromatic rings. The van der Waals surface area contributed by atoms with E-state index < -0.39 is 0 Å². The fourth-order valence-electron chi connectivity index (χ4n) is 7.48. The maximum absolute atomic E-state index is 13.8. The number of carbonyl (C=O) groups is 2. The molecule has 1 aliphatic heterocycles. The zero-order chi connectivity index (χ0) is 49.3. The Bertz CT molecular complexity index is 2870. The lowest BCUT2D eigenvalue weighted by molar-refractivity contribution is -0.115. The van der Waals surface area contributed by atoms with Crippen LogP contribution in [0.5, 0.6) is 17.2 Å². The van der Waals surface area contributed by atoms with E-state index in [4.69, 9.17) is 26.1 Å². The Hall–Kier alpha value is -5.55. The number of nitrogens with zero attached hydrogens (tertiary/aromatic N) is 5. The number of ether oxygens (including phenoxy) is 2. The normalized spacial score (nSPS) is 11.9. The highest BCUT2D eigenvalue weighted by atomic mass is 35.5. The molecule has 0 bridgehead atoms. The molecule has 0 atom stereocenters. The van der Waals surface area contributed by atoms with E-state index in [1.165, 1.54) is 34.3 Å². The van der Waals surface area contributed by atoms with Gasteiger partial charge < -0.3 is 30.3 Å². The van der Waals surface area contributed by atoms with Crippen LogP contribution >= 0.6 is 47.8 Å². The van der Waals surface area contributed by atoms with E-state index in [-0.39, 0.29) is 42.3 Å². The largest absolute Gasteiger partial charge is 0.508 e. The molecule has 1 amide bonds. The molecule has 4 N–H and O–H groups in total.